The molecule has 27 heavy (non-hydrogen) atoms. The summed E-state index contributed by atoms with van der Waals surface area (Å²) in [4.78, 5) is 16.5. The number of para-hydroxylation sites is 1. The maximum absolute atomic E-state index is 13.1. The third-order valence-electron chi connectivity index (χ3n) is 4.23. The molecule has 0 aliphatic carbocycles. The van der Waals surface area contributed by atoms with Crippen LogP contribution in [0.4, 0.5) is 18.9 Å². The van der Waals surface area contributed by atoms with E-state index in [-0.39, 0.29) is 12.0 Å². The molecule has 0 saturated carbocycles. The molecule has 1 amide bonds. The molecule has 140 valence electrons. The van der Waals surface area contributed by atoms with Crippen molar-refractivity contribution in [2.24, 2.45) is 0 Å². The summed E-state index contributed by atoms with van der Waals surface area (Å²) in [6.45, 7) is 2.37. The Labute approximate surface area is 154 Å². The van der Waals surface area contributed by atoms with Crippen LogP contribution in [-0.2, 0) is 23.9 Å². The molecule has 0 saturated heterocycles. The van der Waals surface area contributed by atoms with E-state index in [1.54, 1.807) is 18.3 Å². The van der Waals surface area contributed by atoms with Crippen molar-refractivity contribution in [3.63, 3.8) is 0 Å². The minimum atomic E-state index is -4.49. The predicted octanol–water partition coefficient (Wildman–Crippen LogP) is 4.44. The highest BCUT2D eigenvalue weighted by Gasteiger charge is 2.33. The van der Waals surface area contributed by atoms with Crippen LogP contribution in [0, 0.1) is 6.92 Å². The Bertz CT molecular complexity index is 947. The summed E-state index contributed by atoms with van der Waals surface area (Å²) in [6, 6.07) is 12.3. The lowest BCUT2D eigenvalue weighted by Crippen LogP contribution is -2.19. The highest BCUT2D eigenvalue weighted by molar-refractivity contribution is 5.93. The normalized spacial score (nSPS) is 11.4. The van der Waals surface area contributed by atoms with E-state index in [4.69, 9.17) is 0 Å². The Kier molecular flexibility index (Phi) is 5.30. The second kappa shape index (κ2) is 7.65. The molecule has 3 aromatic rings. The number of nitrogens with one attached hydrogen (secondary N) is 1. The average Bonchev–Trinajstić information content (AvgIpc) is 3.01. The Morgan fingerprint density at radius 1 is 1.07 bits per heavy atom. The van der Waals surface area contributed by atoms with Crippen LogP contribution >= 0.6 is 0 Å². The van der Waals surface area contributed by atoms with Gasteiger partial charge >= 0.3 is 6.18 Å². The number of hydrogen-bond donors (Lipinski definition) is 1. The molecule has 2 aromatic carbocycles. The lowest BCUT2D eigenvalue weighted by Gasteiger charge is -2.14. The van der Waals surface area contributed by atoms with Crippen LogP contribution in [0.3, 0.4) is 0 Å². The smallest absolute Gasteiger partial charge is 0.331 e. The number of alkyl halides is 3. The van der Waals surface area contributed by atoms with E-state index in [1.165, 1.54) is 18.2 Å². The van der Waals surface area contributed by atoms with E-state index in [0.29, 0.717) is 12.2 Å². The van der Waals surface area contributed by atoms with Crippen LogP contribution in [0.15, 0.2) is 60.9 Å². The van der Waals surface area contributed by atoms with Gasteiger partial charge in [0, 0.05) is 18.1 Å². The fourth-order valence-electron chi connectivity index (χ4n) is 2.85. The summed E-state index contributed by atoms with van der Waals surface area (Å²) in [5, 5.41) is 2.73. The van der Waals surface area contributed by atoms with Crippen LogP contribution in [-0.4, -0.2) is 15.5 Å². The van der Waals surface area contributed by atoms with Crippen molar-refractivity contribution in [1.29, 1.82) is 0 Å². The number of halogens is 3. The molecular weight excluding hydrogens is 355 g/mol. The summed E-state index contributed by atoms with van der Waals surface area (Å²) >= 11 is 0. The van der Waals surface area contributed by atoms with E-state index in [1.807, 2.05) is 29.8 Å². The van der Waals surface area contributed by atoms with Gasteiger partial charge in [0.25, 0.3) is 0 Å². The Morgan fingerprint density at radius 3 is 2.41 bits per heavy atom. The standard InChI is InChI=1S/C20H18F3N3O/c1-14-24-10-11-26(14)13-16-7-3-5-9-18(16)25-19(27)12-15-6-2-4-8-17(15)20(21,22)23/h2-11H,12-13H2,1H3,(H,25,27). The van der Waals surface area contributed by atoms with E-state index >= 15 is 0 Å². The first-order valence-corrected chi connectivity index (χ1v) is 8.35. The van der Waals surface area contributed by atoms with E-state index in [0.717, 1.165) is 17.5 Å². The number of carbonyl (C=O) groups excluding carboxylic acids is 1. The Morgan fingerprint density at radius 2 is 1.74 bits per heavy atom. The number of nitrogens with zero attached hydrogens (tertiary/aromatic N) is 2. The minimum absolute atomic E-state index is 0.0505. The minimum Gasteiger partial charge on any atom is -0.331 e. The maximum atomic E-state index is 13.1. The van der Waals surface area contributed by atoms with Crippen LogP contribution in [0.1, 0.15) is 22.5 Å². The van der Waals surface area contributed by atoms with Gasteiger partial charge in [-0.2, -0.15) is 13.2 Å². The van der Waals surface area contributed by atoms with Gasteiger partial charge in [0.05, 0.1) is 18.5 Å². The first-order chi connectivity index (χ1) is 12.8. The second-order valence-corrected chi connectivity index (χ2v) is 6.14. The molecule has 1 N–H and O–H groups in total. The van der Waals surface area contributed by atoms with Gasteiger partial charge in [0.2, 0.25) is 5.91 Å². The summed E-state index contributed by atoms with van der Waals surface area (Å²) in [5.41, 5.74) is 0.573. The summed E-state index contributed by atoms with van der Waals surface area (Å²) in [7, 11) is 0. The fraction of sp³-hybridized carbons (Fsp3) is 0.200. The van der Waals surface area contributed by atoms with Gasteiger partial charge in [-0.05, 0) is 30.2 Å². The number of aromatic nitrogens is 2. The molecular formula is C20H18F3N3O. The molecule has 1 heterocycles. The third-order valence-corrected chi connectivity index (χ3v) is 4.23. The van der Waals surface area contributed by atoms with Gasteiger partial charge in [0.1, 0.15) is 5.82 Å². The highest BCUT2D eigenvalue weighted by Crippen LogP contribution is 2.32. The fourth-order valence-corrected chi connectivity index (χ4v) is 2.85. The van der Waals surface area contributed by atoms with Gasteiger partial charge in [-0.15, -0.1) is 0 Å². The zero-order valence-corrected chi connectivity index (χ0v) is 14.6. The Hall–Kier alpha value is -3.09. The van der Waals surface area contributed by atoms with Crippen molar-refractivity contribution < 1.29 is 18.0 Å². The zero-order valence-electron chi connectivity index (χ0n) is 14.6. The second-order valence-electron chi connectivity index (χ2n) is 6.14. The number of amides is 1. The topological polar surface area (TPSA) is 46.9 Å². The lowest BCUT2D eigenvalue weighted by molar-refractivity contribution is -0.138. The quantitative estimate of drug-likeness (QED) is 0.719. The lowest BCUT2D eigenvalue weighted by atomic mass is 10.0. The molecule has 7 heteroatoms. The van der Waals surface area contributed by atoms with Crippen molar-refractivity contribution in [3.8, 4) is 0 Å². The van der Waals surface area contributed by atoms with Crippen molar-refractivity contribution in [1.82, 2.24) is 9.55 Å². The molecule has 0 radical (unpaired) electrons. The zero-order chi connectivity index (χ0) is 19.4. The first-order valence-electron chi connectivity index (χ1n) is 8.35. The van der Waals surface area contributed by atoms with Crippen molar-refractivity contribution >= 4 is 11.6 Å². The number of benzene rings is 2. The van der Waals surface area contributed by atoms with Gasteiger partial charge in [-0.25, -0.2) is 4.98 Å². The molecule has 4 nitrogen and oxygen atoms in total. The molecule has 0 unspecified atom stereocenters. The molecule has 0 aliphatic rings. The number of rotatable bonds is 5. The molecule has 0 bridgehead atoms. The molecule has 0 atom stereocenters. The van der Waals surface area contributed by atoms with Crippen LogP contribution in [0.25, 0.3) is 0 Å². The monoisotopic (exact) mass is 373 g/mol. The molecule has 0 aliphatic heterocycles. The number of hydrogen-bond acceptors (Lipinski definition) is 2. The summed E-state index contributed by atoms with van der Waals surface area (Å²) in [5.74, 6) is 0.330. The SMILES string of the molecule is Cc1nccn1Cc1ccccc1NC(=O)Cc1ccccc1C(F)(F)F. The molecule has 0 spiro atoms. The Balaban J connectivity index is 1.77. The van der Waals surface area contributed by atoms with Crippen LogP contribution in [0.2, 0.25) is 0 Å². The average molecular weight is 373 g/mol. The molecule has 1 aromatic heterocycles. The number of aryl methyl sites for hydroxylation is 1. The first kappa shape index (κ1) is 18.7. The van der Waals surface area contributed by atoms with Crippen molar-refractivity contribution in [2.75, 3.05) is 5.32 Å². The third kappa shape index (κ3) is 4.55. The van der Waals surface area contributed by atoms with E-state index in [9.17, 15) is 18.0 Å². The van der Waals surface area contributed by atoms with Gasteiger partial charge in [0.15, 0.2) is 0 Å². The van der Waals surface area contributed by atoms with Gasteiger partial charge in [-0.1, -0.05) is 36.4 Å². The number of imidazole rings is 1. The summed E-state index contributed by atoms with van der Waals surface area (Å²) < 4.78 is 41.2. The number of anilines is 1. The van der Waals surface area contributed by atoms with E-state index in [2.05, 4.69) is 10.3 Å². The molecule has 0 fully saturated rings. The molecule has 3 rings (SSSR count). The van der Waals surface area contributed by atoms with Gasteiger partial charge < -0.3 is 9.88 Å². The van der Waals surface area contributed by atoms with Crippen molar-refractivity contribution in [2.45, 2.75) is 26.1 Å². The van der Waals surface area contributed by atoms with Crippen LogP contribution in [0.5, 0.6) is 0 Å². The predicted molar refractivity (Wildman–Crippen MR) is 96.3 cm³/mol. The van der Waals surface area contributed by atoms with E-state index < -0.39 is 17.6 Å². The summed E-state index contributed by atoms with van der Waals surface area (Å²) in [6.07, 6.45) is -1.33. The highest BCUT2D eigenvalue weighted by atomic mass is 19.4. The maximum Gasteiger partial charge on any atom is 0.416 e. The number of carbonyl (C=O) groups is 1. The van der Waals surface area contributed by atoms with Crippen molar-refractivity contribution in [3.05, 3.63) is 83.4 Å². The largest absolute Gasteiger partial charge is 0.416 e. The van der Waals surface area contributed by atoms with Gasteiger partial charge in [-0.3, -0.25) is 4.79 Å². The van der Waals surface area contributed by atoms with Crippen LogP contribution < -0.4 is 5.32 Å².